The van der Waals surface area contributed by atoms with Crippen LogP contribution in [0.4, 0.5) is 20.6 Å². The highest BCUT2D eigenvalue weighted by Crippen LogP contribution is 2.35. The summed E-state index contributed by atoms with van der Waals surface area (Å²) in [6.45, 7) is 5.48. The third kappa shape index (κ3) is 5.22. The Bertz CT molecular complexity index is 1180. The molecule has 7 nitrogen and oxygen atoms in total. The summed E-state index contributed by atoms with van der Waals surface area (Å²) >= 11 is 0. The first-order chi connectivity index (χ1) is 17.0. The van der Waals surface area contributed by atoms with Crippen LogP contribution < -0.4 is 15.0 Å². The molecule has 2 aliphatic rings. The van der Waals surface area contributed by atoms with Crippen LogP contribution in [0.1, 0.15) is 44.1 Å². The number of anilines is 2. The number of carbonyl (C=O) groups is 1. The van der Waals surface area contributed by atoms with Gasteiger partial charge in [0.25, 0.3) is 0 Å². The smallest absolute Gasteiger partial charge is 0.430 e. The number of piperidine rings is 2. The van der Waals surface area contributed by atoms with Crippen LogP contribution in [0, 0.1) is 11.7 Å². The van der Waals surface area contributed by atoms with Crippen LogP contribution >= 0.6 is 0 Å². The summed E-state index contributed by atoms with van der Waals surface area (Å²) in [5, 5.41) is 5.50. The van der Waals surface area contributed by atoms with E-state index >= 15 is 0 Å². The number of nitrogens with one attached hydrogen (secondary N) is 2. The number of amides is 1. The summed E-state index contributed by atoms with van der Waals surface area (Å²) in [5.74, 6) is 1.60. The number of benzene rings is 2. The predicted molar refractivity (Wildman–Crippen MR) is 136 cm³/mol. The van der Waals surface area contributed by atoms with Gasteiger partial charge < -0.3 is 19.5 Å². The SMILES string of the molecule is COc1ccc(NC(=O)ON2CCC(c3c[nH]c4ccc(F)cc34)CC2)cc1N1CCC(C)CC1. The van der Waals surface area contributed by atoms with E-state index in [9.17, 15) is 9.18 Å². The molecule has 1 amide bonds. The topological polar surface area (TPSA) is 69.8 Å². The lowest BCUT2D eigenvalue weighted by Gasteiger charge is -2.33. The molecule has 35 heavy (non-hydrogen) atoms. The van der Waals surface area contributed by atoms with Crippen molar-refractivity contribution in [3.63, 3.8) is 0 Å². The van der Waals surface area contributed by atoms with Crippen LogP contribution in [-0.2, 0) is 4.84 Å². The number of nitrogens with zero attached hydrogens (tertiary/aromatic N) is 2. The molecule has 2 N–H and O–H groups in total. The van der Waals surface area contributed by atoms with E-state index in [-0.39, 0.29) is 5.82 Å². The number of rotatable bonds is 5. The standard InChI is InChI=1S/C27H33FN4O3/c1-18-7-11-31(12-8-18)25-16-21(4-6-26(25)34-2)30-27(33)35-32-13-9-19(10-14-32)23-17-29-24-5-3-20(28)15-22(23)24/h3-6,15-19,29H,7-14H2,1-2H3,(H,30,33). The minimum Gasteiger partial charge on any atom is -0.495 e. The predicted octanol–water partition coefficient (Wildman–Crippen LogP) is 5.90. The van der Waals surface area contributed by atoms with Gasteiger partial charge in [0.1, 0.15) is 11.6 Å². The highest BCUT2D eigenvalue weighted by Gasteiger charge is 2.25. The monoisotopic (exact) mass is 480 g/mol. The van der Waals surface area contributed by atoms with Gasteiger partial charge in [0, 0.05) is 49.0 Å². The van der Waals surface area contributed by atoms with Gasteiger partial charge in [-0.05, 0) is 79.5 Å². The van der Waals surface area contributed by atoms with Crippen molar-refractivity contribution in [3.8, 4) is 5.75 Å². The maximum atomic E-state index is 13.7. The number of hydrogen-bond acceptors (Lipinski definition) is 5. The number of ether oxygens (including phenoxy) is 1. The molecule has 0 radical (unpaired) electrons. The lowest BCUT2D eigenvalue weighted by molar-refractivity contribution is -0.108. The van der Waals surface area contributed by atoms with Crippen LogP contribution in [0.25, 0.3) is 10.9 Å². The molecule has 2 aliphatic heterocycles. The van der Waals surface area contributed by atoms with Crippen molar-refractivity contribution in [2.45, 2.75) is 38.5 Å². The first kappa shape index (κ1) is 23.5. The fourth-order valence-corrected chi connectivity index (χ4v) is 5.23. The molecular weight excluding hydrogens is 447 g/mol. The van der Waals surface area contributed by atoms with E-state index in [4.69, 9.17) is 9.57 Å². The molecule has 0 atom stereocenters. The highest BCUT2D eigenvalue weighted by molar-refractivity contribution is 5.86. The highest BCUT2D eigenvalue weighted by atomic mass is 19.1. The Morgan fingerprint density at radius 3 is 2.57 bits per heavy atom. The number of aromatic nitrogens is 1. The third-order valence-corrected chi connectivity index (χ3v) is 7.33. The first-order valence-electron chi connectivity index (χ1n) is 12.4. The van der Waals surface area contributed by atoms with Crippen LogP contribution in [0.5, 0.6) is 5.75 Å². The van der Waals surface area contributed by atoms with Gasteiger partial charge in [-0.15, -0.1) is 5.06 Å². The maximum absolute atomic E-state index is 13.7. The number of aromatic amines is 1. The largest absolute Gasteiger partial charge is 0.495 e. The average molecular weight is 481 g/mol. The molecule has 0 unspecified atom stereocenters. The maximum Gasteiger partial charge on any atom is 0.430 e. The van der Waals surface area contributed by atoms with Crippen molar-refractivity contribution in [3.05, 3.63) is 54.0 Å². The molecule has 3 heterocycles. The summed E-state index contributed by atoms with van der Waals surface area (Å²) in [4.78, 5) is 23.8. The molecule has 2 fully saturated rings. The second-order valence-electron chi connectivity index (χ2n) is 9.70. The number of halogens is 1. The van der Waals surface area contributed by atoms with E-state index < -0.39 is 6.09 Å². The van der Waals surface area contributed by atoms with E-state index in [0.29, 0.717) is 24.7 Å². The van der Waals surface area contributed by atoms with E-state index in [1.165, 1.54) is 6.07 Å². The van der Waals surface area contributed by atoms with Crippen molar-refractivity contribution in [1.82, 2.24) is 10.0 Å². The summed E-state index contributed by atoms with van der Waals surface area (Å²) < 4.78 is 19.3. The van der Waals surface area contributed by atoms with Crippen LogP contribution in [0.2, 0.25) is 0 Å². The summed E-state index contributed by atoms with van der Waals surface area (Å²) in [6.07, 6.45) is 5.43. The Morgan fingerprint density at radius 1 is 1.06 bits per heavy atom. The number of H-pyrrole nitrogens is 1. The molecule has 2 aromatic carbocycles. The molecule has 3 aromatic rings. The second kappa shape index (κ2) is 10.2. The molecule has 186 valence electrons. The van der Waals surface area contributed by atoms with Gasteiger partial charge >= 0.3 is 6.09 Å². The van der Waals surface area contributed by atoms with Crippen molar-refractivity contribution in [1.29, 1.82) is 0 Å². The van der Waals surface area contributed by atoms with Crippen molar-refractivity contribution >= 4 is 28.4 Å². The fraction of sp³-hybridized carbons (Fsp3) is 0.444. The van der Waals surface area contributed by atoms with E-state index in [0.717, 1.165) is 72.6 Å². The Morgan fingerprint density at radius 2 is 1.83 bits per heavy atom. The van der Waals surface area contributed by atoms with E-state index in [1.54, 1.807) is 24.3 Å². The molecule has 0 bridgehead atoms. The summed E-state index contributed by atoms with van der Waals surface area (Å²) in [5.41, 5.74) is 3.74. The second-order valence-corrected chi connectivity index (χ2v) is 9.70. The van der Waals surface area contributed by atoms with E-state index in [2.05, 4.69) is 22.1 Å². The van der Waals surface area contributed by atoms with Gasteiger partial charge in [-0.3, -0.25) is 5.32 Å². The molecule has 2 saturated heterocycles. The first-order valence-corrected chi connectivity index (χ1v) is 12.4. The summed E-state index contributed by atoms with van der Waals surface area (Å²) in [6, 6.07) is 10.5. The van der Waals surface area contributed by atoms with Crippen molar-refractivity contribution in [2.24, 2.45) is 5.92 Å². The zero-order valence-electron chi connectivity index (χ0n) is 20.4. The zero-order chi connectivity index (χ0) is 24.4. The minimum atomic E-state index is -0.499. The minimum absolute atomic E-state index is 0.229. The number of methoxy groups -OCH3 is 1. The van der Waals surface area contributed by atoms with Gasteiger partial charge in [-0.25, -0.2) is 9.18 Å². The fourth-order valence-electron chi connectivity index (χ4n) is 5.23. The van der Waals surface area contributed by atoms with Gasteiger partial charge in [-0.2, -0.15) is 0 Å². The molecule has 1 aromatic heterocycles. The lowest BCUT2D eigenvalue weighted by Crippen LogP contribution is -2.36. The molecule has 0 spiro atoms. The Hall–Kier alpha value is -3.26. The molecule has 0 saturated carbocycles. The molecule has 8 heteroatoms. The van der Waals surface area contributed by atoms with Gasteiger partial charge in [0.15, 0.2) is 0 Å². The third-order valence-electron chi connectivity index (χ3n) is 7.33. The van der Waals surface area contributed by atoms with Crippen LogP contribution in [0.15, 0.2) is 42.6 Å². The quantitative estimate of drug-likeness (QED) is 0.476. The van der Waals surface area contributed by atoms with Gasteiger partial charge in [-0.1, -0.05) is 6.92 Å². The number of hydroxylamine groups is 2. The summed E-state index contributed by atoms with van der Waals surface area (Å²) in [7, 11) is 1.67. The average Bonchev–Trinajstić information content (AvgIpc) is 3.28. The molecule has 5 rings (SSSR count). The van der Waals surface area contributed by atoms with Gasteiger partial charge in [0.05, 0.1) is 12.8 Å². The Kier molecular flexibility index (Phi) is 6.81. The van der Waals surface area contributed by atoms with E-state index in [1.807, 2.05) is 24.4 Å². The Balaban J connectivity index is 1.17. The number of hydrogen-bond donors (Lipinski definition) is 2. The van der Waals surface area contributed by atoms with Crippen molar-refractivity contribution < 1.29 is 18.8 Å². The van der Waals surface area contributed by atoms with Gasteiger partial charge in [0.2, 0.25) is 0 Å². The van der Waals surface area contributed by atoms with Crippen LogP contribution in [-0.4, -0.2) is 49.4 Å². The molecular formula is C27H33FN4O3. The lowest BCUT2D eigenvalue weighted by atomic mass is 9.90. The zero-order valence-corrected chi connectivity index (χ0v) is 20.4. The normalized spacial score (nSPS) is 18.1. The Labute approximate surface area is 205 Å². The van der Waals surface area contributed by atoms with Crippen LogP contribution in [0.3, 0.4) is 0 Å². The number of carbonyl (C=O) groups excluding carboxylic acids is 1. The molecule has 0 aliphatic carbocycles. The van der Waals surface area contributed by atoms with Crippen molar-refractivity contribution in [2.75, 3.05) is 43.5 Å². The number of fused-ring (bicyclic) bond motifs is 1.